The molecule has 1 aliphatic rings. The van der Waals surface area contributed by atoms with Crippen LogP contribution in [-0.2, 0) is 27.4 Å². The van der Waals surface area contributed by atoms with E-state index in [4.69, 9.17) is 31.2 Å². The van der Waals surface area contributed by atoms with Crippen molar-refractivity contribution in [2.75, 3.05) is 19.8 Å². The van der Waals surface area contributed by atoms with Gasteiger partial charge in [-0.3, -0.25) is 4.79 Å². The Balaban J connectivity index is 1.28. The molecule has 1 heterocycles. The van der Waals surface area contributed by atoms with Gasteiger partial charge in [-0.05, 0) is 79.5 Å². The molecular weight excluding hydrogens is 653 g/mol. The van der Waals surface area contributed by atoms with Gasteiger partial charge >= 0.3 is 5.97 Å². The van der Waals surface area contributed by atoms with Crippen LogP contribution in [0.1, 0.15) is 49.1 Å². The Hall–Kier alpha value is -5.68. The highest BCUT2D eigenvalue weighted by Gasteiger charge is 2.32. The molecule has 3 N–H and O–H groups in total. The Bertz CT molecular complexity index is 1950. The zero-order valence-electron chi connectivity index (χ0n) is 28.3. The number of thiocarbonyl (C=S) groups is 1. The third-order valence-electron chi connectivity index (χ3n) is 7.83. The van der Waals surface area contributed by atoms with Crippen molar-refractivity contribution >= 4 is 46.2 Å². The number of amides is 1. The number of nitrogens with one attached hydrogen (secondary N) is 3. The van der Waals surface area contributed by atoms with Crippen LogP contribution in [0.4, 0.5) is 0 Å². The molecule has 0 spiro atoms. The number of ether oxygens (including phenoxy) is 4. The molecule has 0 fully saturated rings. The standard InChI is InChI=1S/C39H40N4O6S/c1-5-13-28-20-26(21-33(46-6-2)37(28)49-23-29-16-12-15-27-14-8-9-17-30(27)29)22-40-43-34(44)24-48-32-19-11-10-18-31(32)36-35(38(45)47-7-3)25(4)41-39(50)42-36/h5,8-12,14-22,36H,1,6-7,13,23-24H2,2-4H3,(H,43,44)(H2,41,42,50)/t36-/m1/s1. The van der Waals surface area contributed by atoms with Crippen molar-refractivity contribution in [3.8, 4) is 17.2 Å². The summed E-state index contributed by atoms with van der Waals surface area (Å²) in [5.74, 6) is 0.643. The van der Waals surface area contributed by atoms with Gasteiger partial charge in [0.2, 0.25) is 0 Å². The summed E-state index contributed by atoms with van der Waals surface area (Å²) in [6.45, 7) is 10.0. The van der Waals surface area contributed by atoms with E-state index in [0.29, 0.717) is 64.4 Å². The lowest BCUT2D eigenvalue weighted by Crippen LogP contribution is -2.45. The number of hydrogen-bond acceptors (Lipinski definition) is 8. The summed E-state index contributed by atoms with van der Waals surface area (Å²) in [6.07, 6.45) is 3.87. The number of esters is 1. The van der Waals surface area contributed by atoms with E-state index in [-0.39, 0.29) is 13.2 Å². The van der Waals surface area contributed by atoms with Crippen molar-refractivity contribution in [2.45, 2.75) is 39.8 Å². The molecule has 4 aromatic rings. The van der Waals surface area contributed by atoms with Gasteiger partial charge in [0.25, 0.3) is 5.91 Å². The summed E-state index contributed by atoms with van der Waals surface area (Å²) < 4.78 is 23.6. The fourth-order valence-corrected chi connectivity index (χ4v) is 5.94. The summed E-state index contributed by atoms with van der Waals surface area (Å²) in [7, 11) is 0. The Morgan fingerprint density at radius 1 is 0.940 bits per heavy atom. The topological polar surface area (TPSA) is 120 Å². The monoisotopic (exact) mass is 692 g/mol. The van der Waals surface area contributed by atoms with Crippen LogP contribution in [0.5, 0.6) is 17.2 Å². The number of carbonyl (C=O) groups is 2. The molecule has 258 valence electrons. The average molecular weight is 693 g/mol. The molecule has 50 heavy (non-hydrogen) atoms. The summed E-state index contributed by atoms with van der Waals surface area (Å²) in [4.78, 5) is 25.7. The zero-order chi connectivity index (χ0) is 35.5. The van der Waals surface area contributed by atoms with Crippen molar-refractivity contribution in [3.63, 3.8) is 0 Å². The summed E-state index contributed by atoms with van der Waals surface area (Å²) in [5, 5.41) is 12.9. The highest BCUT2D eigenvalue weighted by atomic mass is 32.1. The van der Waals surface area contributed by atoms with Crippen LogP contribution in [0, 0.1) is 0 Å². The number of hydrogen-bond donors (Lipinski definition) is 3. The predicted molar refractivity (Wildman–Crippen MR) is 198 cm³/mol. The number of rotatable bonds is 15. The van der Waals surface area contributed by atoms with Crippen LogP contribution < -0.4 is 30.3 Å². The third kappa shape index (κ3) is 8.66. The number of fused-ring (bicyclic) bond motifs is 1. The highest BCUT2D eigenvalue weighted by Crippen LogP contribution is 2.36. The summed E-state index contributed by atoms with van der Waals surface area (Å²) >= 11 is 5.35. The Labute approximate surface area is 297 Å². The molecule has 0 radical (unpaired) electrons. The van der Waals surface area contributed by atoms with E-state index in [2.05, 4.69) is 52.0 Å². The van der Waals surface area contributed by atoms with Crippen LogP contribution in [0.3, 0.4) is 0 Å². The van der Waals surface area contributed by atoms with Gasteiger partial charge in [0, 0.05) is 16.8 Å². The minimum absolute atomic E-state index is 0.220. The smallest absolute Gasteiger partial charge is 0.338 e. The maximum Gasteiger partial charge on any atom is 0.338 e. The van der Waals surface area contributed by atoms with Gasteiger partial charge in [-0.15, -0.1) is 6.58 Å². The minimum atomic E-state index is -0.636. The number of nitrogens with zero attached hydrogens (tertiary/aromatic N) is 1. The van der Waals surface area contributed by atoms with Crippen LogP contribution in [0.15, 0.2) is 108 Å². The van der Waals surface area contributed by atoms with Gasteiger partial charge in [0.1, 0.15) is 12.4 Å². The van der Waals surface area contributed by atoms with Crippen LogP contribution in [0.2, 0.25) is 0 Å². The first-order valence-corrected chi connectivity index (χ1v) is 16.7. The van der Waals surface area contributed by atoms with Crippen molar-refractivity contribution in [2.24, 2.45) is 5.10 Å². The highest BCUT2D eigenvalue weighted by molar-refractivity contribution is 7.80. The predicted octanol–water partition coefficient (Wildman–Crippen LogP) is 6.43. The molecule has 0 saturated heterocycles. The first-order chi connectivity index (χ1) is 24.3. The van der Waals surface area contributed by atoms with Gasteiger partial charge in [-0.1, -0.05) is 66.7 Å². The van der Waals surface area contributed by atoms with E-state index in [1.165, 1.54) is 6.21 Å². The number of benzene rings is 4. The summed E-state index contributed by atoms with van der Waals surface area (Å²) in [5.41, 5.74) is 6.73. The molecule has 0 saturated carbocycles. The van der Waals surface area contributed by atoms with E-state index in [1.54, 1.807) is 38.1 Å². The van der Waals surface area contributed by atoms with Gasteiger partial charge < -0.3 is 29.6 Å². The molecule has 5 rings (SSSR count). The van der Waals surface area contributed by atoms with Crippen molar-refractivity contribution in [1.82, 2.24) is 16.1 Å². The molecule has 1 atom stereocenters. The van der Waals surface area contributed by atoms with Crippen LogP contribution >= 0.6 is 12.2 Å². The minimum Gasteiger partial charge on any atom is -0.490 e. The quantitative estimate of drug-likeness (QED) is 0.0426. The Morgan fingerprint density at radius 2 is 1.72 bits per heavy atom. The Kier molecular flexibility index (Phi) is 12.2. The average Bonchev–Trinajstić information content (AvgIpc) is 3.10. The maximum atomic E-state index is 12.8. The first kappa shape index (κ1) is 35.6. The summed E-state index contributed by atoms with van der Waals surface area (Å²) in [6, 6.07) is 24.6. The van der Waals surface area contributed by atoms with E-state index in [9.17, 15) is 9.59 Å². The molecule has 11 heteroatoms. The second kappa shape index (κ2) is 17.1. The molecule has 10 nitrogen and oxygen atoms in total. The zero-order valence-corrected chi connectivity index (χ0v) is 29.1. The van der Waals surface area contributed by atoms with Gasteiger partial charge in [0.05, 0.1) is 31.0 Å². The van der Waals surface area contributed by atoms with Gasteiger partial charge in [-0.25, -0.2) is 10.2 Å². The number of carbonyl (C=O) groups excluding carboxylic acids is 2. The van der Waals surface area contributed by atoms with Gasteiger partial charge in [0.15, 0.2) is 23.2 Å². The molecule has 0 aromatic heterocycles. The van der Waals surface area contributed by atoms with E-state index < -0.39 is 17.9 Å². The molecule has 0 aliphatic carbocycles. The molecule has 0 bridgehead atoms. The normalized spacial score (nSPS) is 14.1. The third-order valence-corrected chi connectivity index (χ3v) is 8.05. The van der Waals surface area contributed by atoms with Crippen molar-refractivity contribution in [3.05, 3.63) is 125 Å². The fourth-order valence-electron chi connectivity index (χ4n) is 5.67. The second-order valence-electron chi connectivity index (χ2n) is 11.3. The van der Waals surface area contributed by atoms with Crippen molar-refractivity contribution in [1.29, 1.82) is 0 Å². The van der Waals surface area contributed by atoms with Crippen LogP contribution in [-0.4, -0.2) is 43.0 Å². The lowest BCUT2D eigenvalue weighted by atomic mass is 9.95. The van der Waals surface area contributed by atoms with E-state index in [1.807, 2.05) is 43.3 Å². The molecular formula is C39H40N4O6S. The van der Waals surface area contributed by atoms with E-state index in [0.717, 1.165) is 21.9 Å². The van der Waals surface area contributed by atoms with Crippen LogP contribution in [0.25, 0.3) is 10.8 Å². The molecule has 1 aliphatic heterocycles. The SMILES string of the molecule is C=CCc1cc(C=NNC(=O)COc2ccccc2[C@H]2NC(=S)NC(C)=C2C(=O)OCC)cc(OCC)c1OCc1cccc2ccccc12. The van der Waals surface area contributed by atoms with Gasteiger partial charge in [-0.2, -0.15) is 5.10 Å². The molecule has 1 amide bonds. The maximum absolute atomic E-state index is 12.8. The number of hydrazone groups is 1. The number of para-hydroxylation sites is 1. The largest absolute Gasteiger partial charge is 0.490 e. The Morgan fingerprint density at radius 3 is 2.52 bits per heavy atom. The van der Waals surface area contributed by atoms with E-state index >= 15 is 0 Å². The van der Waals surface area contributed by atoms with Crippen molar-refractivity contribution < 1.29 is 28.5 Å². The molecule has 4 aromatic carbocycles. The number of allylic oxidation sites excluding steroid dienone is 2. The first-order valence-electron chi connectivity index (χ1n) is 16.3. The fraction of sp³-hybridized carbons (Fsp3) is 0.231. The second-order valence-corrected chi connectivity index (χ2v) is 11.7. The lowest BCUT2D eigenvalue weighted by Gasteiger charge is -2.30. The molecule has 0 unspecified atom stereocenters. The lowest BCUT2D eigenvalue weighted by molar-refractivity contribution is -0.139.